The number of pyridine rings is 1. The molecule has 1 aliphatic carbocycles. The minimum Gasteiger partial charge on any atom is -0.367 e. The van der Waals surface area contributed by atoms with Gasteiger partial charge in [0.1, 0.15) is 11.6 Å². The molecule has 0 radical (unpaired) electrons. The molecule has 0 atom stereocenters. The lowest BCUT2D eigenvalue weighted by Gasteiger charge is -2.10. The molecular weight excluding hydrogens is 291 g/mol. The van der Waals surface area contributed by atoms with E-state index in [0.29, 0.717) is 11.9 Å². The first-order valence-corrected chi connectivity index (χ1v) is 7.60. The van der Waals surface area contributed by atoms with E-state index in [4.69, 9.17) is 0 Å². The van der Waals surface area contributed by atoms with Gasteiger partial charge in [0, 0.05) is 35.6 Å². The van der Waals surface area contributed by atoms with Gasteiger partial charge in [0.2, 0.25) is 0 Å². The molecular formula is C18H15FN4. The summed E-state index contributed by atoms with van der Waals surface area (Å²) < 4.78 is 13.2. The van der Waals surface area contributed by atoms with E-state index < -0.39 is 0 Å². The standard InChI is InChI=1S/C18H15FN4/c19-14-3-1-12(2-4-14)16-11-17(21-15-5-6-15)23-18(22-16)13-7-9-20-10-8-13/h1-4,7-11,15H,5-6H2,(H,21,22,23). The molecule has 114 valence electrons. The third-order valence-electron chi connectivity index (χ3n) is 3.73. The van der Waals surface area contributed by atoms with Gasteiger partial charge in [0.05, 0.1) is 5.69 Å². The van der Waals surface area contributed by atoms with E-state index in [9.17, 15) is 4.39 Å². The lowest BCUT2D eigenvalue weighted by molar-refractivity contribution is 0.628. The average molecular weight is 306 g/mol. The van der Waals surface area contributed by atoms with E-state index in [1.54, 1.807) is 24.5 Å². The minimum absolute atomic E-state index is 0.256. The number of rotatable bonds is 4. The lowest BCUT2D eigenvalue weighted by atomic mass is 10.1. The second-order valence-corrected chi connectivity index (χ2v) is 5.62. The number of hydrogen-bond acceptors (Lipinski definition) is 4. The average Bonchev–Trinajstić information content (AvgIpc) is 3.40. The van der Waals surface area contributed by atoms with Crippen molar-refractivity contribution in [1.29, 1.82) is 0 Å². The molecule has 2 aromatic heterocycles. The van der Waals surface area contributed by atoms with E-state index in [1.165, 1.54) is 25.0 Å². The van der Waals surface area contributed by atoms with Crippen LogP contribution in [-0.2, 0) is 0 Å². The van der Waals surface area contributed by atoms with Gasteiger partial charge < -0.3 is 5.32 Å². The number of anilines is 1. The fourth-order valence-corrected chi connectivity index (χ4v) is 2.36. The fourth-order valence-electron chi connectivity index (χ4n) is 2.36. The van der Waals surface area contributed by atoms with E-state index >= 15 is 0 Å². The van der Waals surface area contributed by atoms with Crippen LogP contribution in [0.2, 0.25) is 0 Å². The summed E-state index contributed by atoms with van der Waals surface area (Å²) >= 11 is 0. The smallest absolute Gasteiger partial charge is 0.162 e. The third-order valence-corrected chi connectivity index (χ3v) is 3.73. The van der Waals surface area contributed by atoms with Crippen molar-refractivity contribution in [3.63, 3.8) is 0 Å². The van der Waals surface area contributed by atoms with Gasteiger partial charge in [-0.25, -0.2) is 14.4 Å². The third kappa shape index (κ3) is 3.18. The molecule has 3 aromatic rings. The van der Waals surface area contributed by atoms with Crippen LogP contribution >= 0.6 is 0 Å². The molecule has 1 fully saturated rings. The van der Waals surface area contributed by atoms with E-state index in [1.807, 2.05) is 18.2 Å². The van der Waals surface area contributed by atoms with Gasteiger partial charge in [-0.2, -0.15) is 0 Å². The van der Waals surface area contributed by atoms with Crippen LogP contribution in [0.4, 0.5) is 10.2 Å². The molecule has 1 aromatic carbocycles. The van der Waals surface area contributed by atoms with Gasteiger partial charge in [-0.15, -0.1) is 0 Å². The highest BCUT2D eigenvalue weighted by Gasteiger charge is 2.22. The Hall–Kier alpha value is -2.82. The summed E-state index contributed by atoms with van der Waals surface area (Å²) in [5.74, 6) is 1.18. The SMILES string of the molecule is Fc1ccc(-c2cc(NC3CC3)nc(-c3ccncc3)n2)cc1. The molecule has 0 aliphatic heterocycles. The summed E-state index contributed by atoms with van der Waals surface area (Å²) in [5.41, 5.74) is 2.54. The van der Waals surface area contributed by atoms with Gasteiger partial charge >= 0.3 is 0 Å². The highest BCUT2D eigenvalue weighted by atomic mass is 19.1. The zero-order valence-corrected chi connectivity index (χ0v) is 12.4. The fraction of sp³-hybridized carbons (Fsp3) is 0.167. The zero-order valence-electron chi connectivity index (χ0n) is 12.4. The van der Waals surface area contributed by atoms with Crippen LogP contribution in [-0.4, -0.2) is 21.0 Å². The molecule has 0 unspecified atom stereocenters. The van der Waals surface area contributed by atoms with Gasteiger partial charge in [-0.05, 0) is 49.2 Å². The normalized spacial score (nSPS) is 13.8. The molecule has 1 aliphatic rings. The largest absolute Gasteiger partial charge is 0.367 e. The molecule has 1 N–H and O–H groups in total. The van der Waals surface area contributed by atoms with Crippen molar-refractivity contribution in [2.75, 3.05) is 5.32 Å². The first kappa shape index (κ1) is 13.8. The van der Waals surface area contributed by atoms with Crippen LogP contribution in [0.1, 0.15) is 12.8 Å². The molecule has 5 heteroatoms. The number of nitrogens with one attached hydrogen (secondary N) is 1. The van der Waals surface area contributed by atoms with Crippen molar-refractivity contribution in [3.05, 3.63) is 60.7 Å². The first-order chi connectivity index (χ1) is 11.3. The van der Waals surface area contributed by atoms with Crippen LogP contribution in [0.5, 0.6) is 0 Å². The summed E-state index contributed by atoms with van der Waals surface area (Å²) in [7, 11) is 0. The van der Waals surface area contributed by atoms with Crippen LogP contribution < -0.4 is 5.32 Å². The molecule has 0 spiro atoms. The minimum atomic E-state index is -0.256. The first-order valence-electron chi connectivity index (χ1n) is 7.60. The number of hydrogen-bond donors (Lipinski definition) is 1. The van der Waals surface area contributed by atoms with E-state index in [-0.39, 0.29) is 5.82 Å². The van der Waals surface area contributed by atoms with Gasteiger partial charge in [0.15, 0.2) is 5.82 Å². The monoisotopic (exact) mass is 306 g/mol. The van der Waals surface area contributed by atoms with Crippen molar-refractivity contribution in [2.24, 2.45) is 0 Å². The van der Waals surface area contributed by atoms with Gasteiger partial charge in [-0.3, -0.25) is 4.98 Å². The van der Waals surface area contributed by atoms with Crippen LogP contribution in [0.15, 0.2) is 54.9 Å². The topological polar surface area (TPSA) is 50.7 Å². The van der Waals surface area contributed by atoms with Crippen LogP contribution in [0.25, 0.3) is 22.6 Å². The zero-order chi connectivity index (χ0) is 15.6. The second-order valence-electron chi connectivity index (χ2n) is 5.62. The molecule has 1 saturated carbocycles. The summed E-state index contributed by atoms with van der Waals surface area (Å²) in [5, 5.41) is 3.41. The van der Waals surface area contributed by atoms with Crippen LogP contribution in [0.3, 0.4) is 0 Å². The Bertz CT molecular complexity index is 814. The predicted molar refractivity (Wildman–Crippen MR) is 87.3 cm³/mol. The number of benzene rings is 1. The number of aromatic nitrogens is 3. The van der Waals surface area contributed by atoms with Crippen molar-refractivity contribution in [1.82, 2.24) is 15.0 Å². The Morgan fingerprint density at radius 1 is 0.913 bits per heavy atom. The maximum Gasteiger partial charge on any atom is 0.162 e. The summed E-state index contributed by atoms with van der Waals surface area (Å²) in [6.45, 7) is 0. The van der Waals surface area contributed by atoms with Crippen LogP contribution in [0, 0.1) is 5.82 Å². The molecule has 0 bridgehead atoms. The Labute approximate surface area is 133 Å². The molecule has 23 heavy (non-hydrogen) atoms. The predicted octanol–water partition coefficient (Wildman–Crippen LogP) is 3.92. The number of halogens is 1. The second kappa shape index (κ2) is 5.76. The van der Waals surface area contributed by atoms with Crippen molar-refractivity contribution < 1.29 is 4.39 Å². The molecule has 4 nitrogen and oxygen atoms in total. The van der Waals surface area contributed by atoms with Crippen molar-refractivity contribution >= 4 is 5.82 Å². The maximum atomic E-state index is 13.2. The Balaban J connectivity index is 1.79. The summed E-state index contributed by atoms with van der Waals surface area (Å²) in [6.07, 6.45) is 5.77. The highest BCUT2D eigenvalue weighted by molar-refractivity contribution is 5.67. The molecule has 4 rings (SSSR count). The van der Waals surface area contributed by atoms with Crippen molar-refractivity contribution in [3.8, 4) is 22.6 Å². The Kier molecular flexibility index (Phi) is 3.46. The van der Waals surface area contributed by atoms with Gasteiger partial charge in [0.25, 0.3) is 0 Å². The summed E-state index contributed by atoms with van der Waals surface area (Å²) in [6, 6.07) is 12.5. The van der Waals surface area contributed by atoms with Crippen molar-refractivity contribution in [2.45, 2.75) is 18.9 Å². The van der Waals surface area contributed by atoms with Gasteiger partial charge in [-0.1, -0.05) is 0 Å². The van der Waals surface area contributed by atoms with E-state index in [2.05, 4.69) is 20.3 Å². The maximum absolute atomic E-state index is 13.2. The molecule has 2 heterocycles. The Morgan fingerprint density at radius 2 is 1.65 bits per heavy atom. The number of nitrogens with zero attached hydrogens (tertiary/aromatic N) is 3. The molecule has 0 amide bonds. The molecule has 0 saturated heterocycles. The highest BCUT2D eigenvalue weighted by Crippen LogP contribution is 2.28. The Morgan fingerprint density at radius 3 is 2.35 bits per heavy atom. The quantitative estimate of drug-likeness (QED) is 0.794. The lowest BCUT2D eigenvalue weighted by Crippen LogP contribution is -2.05. The summed E-state index contributed by atoms with van der Waals surface area (Å²) in [4.78, 5) is 13.3. The van der Waals surface area contributed by atoms with E-state index in [0.717, 1.165) is 22.6 Å².